The van der Waals surface area contributed by atoms with Crippen LogP contribution in [0.1, 0.15) is 46.0 Å². The molecule has 1 N–H and O–H groups in total. The topological polar surface area (TPSA) is 120 Å². The second kappa shape index (κ2) is 15.2. The number of carbonyl (C=O) groups excluding carboxylic acids is 2. The number of aromatic nitrogens is 3. The van der Waals surface area contributed by atoms with E-state index in [1.54, 1.807) is 54.8 Å². The number of hydrogen-bond donors (Lipinski definition) is 1. The number of methoxy groups -OCH3 is 2. The molecule has 0 aliphatic carbocycles. The molecule has 48 heavy (non-hydrogen) atoms. The number of hydrazone groups is 1. The summed E-state index contributed by atoms with van der Waals surface area (Å²) in [6.45, 7) is 2.57. The van der Waals surface area contributed by atoms with Crippen molar-refractivity contribution >= 4 is 40.6 Å². The van der Waals surface area contributed by atoms with E-state index in [0.29, 0.717) is 35.3 Å². The van der Waals surface area contributed by atoms with Crippen LogP contribution in [0, 0.1) is 0 Å². The van der Waals surface area contributed by atoms with E-state index in [2.05, 4.69) is 15.5 Å². The second-order valence-electron chi connectivity index (χ2n) is 10.6. The van der Waals surface area contributed by atoms with E-state index in [1.807, 2.05) is 77.5 Å². The monoisotopic (exact) mass is 682 g/mol. The predicted molar refractivity (Wildman–Crippen MR) is 185 cm³/mol. The highest BCUT2D eigenvalue weighted by atomic mass is 32.2. The Labute approximate surface area is 286 Å². The molecule has 3 aromatic carbocycles. The maximum absolute atomic E-state index is 13.9. The molecule has 13 heteroatoms. The fourth-order valence-electron chi connectivity index (χ4n) is 5.26. The normalized spacial score (nSPS) is 14.0. The molecule has 0 saturated carbocycles. The van der Waals surface area contributed by atoms with Crippen LogP contribution in [0.3, 0.4) is 0 Å². The van der Waals surface area contributed by atoms with Gasteiger partial charge in [-0.05, 0) is 78.5 Å². The molecule has 1 unspecified atom stereocenters. The number of nitrogens with one attached hydrogen (secondary N) is 1. The van der Waals surface area contributed by atoms with E-state index in [4.69, 9.17) is 19.3 Å². The van der Waals surface area contributed by atoms with Gasteiger partial charge in [0.2, 0.25) is 0 Å². The number of hydrogen-bond acceptors (Lipinski definition) is 10. The molecule has 1 atom stereocenters. The summed E-state index contributed by atoms with van der Waals surface area (Å²) >= 11 is 2.86. The first-order valence-electron chi connectivity index (χ1n) is 15.3. The van der Waals surface area contributed by atoms with Gasteiger partial charge in [-0.3, -0.25) is 14.2 Å². The Balaban J connectivity index is 1.24. The van der Waals surface area contributed by atoms with Gasteiger partial charge in [-0.2, -0.15) is 5.10 Å². The molecule has 0 radical (unpaired) electrons. The average molecular weight is 683 g/mol. The van der Waals surface area contributed by atoms with Gasteiger partial charge < -0.3 is 19.5 Å². The summed E-state index contributed by atoms with van der Waals surface area (Å²) in [6, 6.07) is 25.9. The number of nitrogens with zero attached hydrogens (tertiary/aromatic N) is 5. The Morgan fingerprint density at radius 2 is 1.71 bits per heavy atom. The predicted octanol–water partition coefficient (Wildman–Crippen LogP) is 6.14. The lowest BCUT2D eigenvalue weighted by atomic mass is 10.0. The van der Waals surface area contributed by atoms with Crippen LogP contribution in [0.2, 0.25) is 0 Å². The van der Waals surface area contributed by atoms with Gasteiger partial charge in [-0.15, -0.1) is 21.5 Å². The van der Waals surface area contributed by atoms with Crippen molar-refractivity contribution in [2.24, 2.45) is 5.10 Å². The van der Waals surface area contributed by atoms with Crippen molar-refractivity contribution in [3.8, 4) is 22.9 Å². The van der Waals surface area contributed by atoms with Crippen molar-refractivity contribution < 1.29 is 23.8 Å². The quantitative estimate of drug-likeness (QED) is 0.147. The highest BCUT2D eigenvalue weighted by molar-refractivity contribution is 7.99. The lowest BCUT2D eigenvalue weighted by molar-refractivity contribution is -0.130. The third-order valence-corrected chi connectivity index (χ3v) is 9.47. The zero-order chi connectivity index (χ0) is 33.5. The molecule has 2 amide bonds. The van der Waals surface area contributed by atoms with E-state index in [1.165, 1.54) is 11.8 Å². The summed E-state index contributed by atoms with van der Waals surface area (Å²) < 4.78 is 18.1. The van der Waals surface area contributed by atoms with Crippen LogP contribution >= 0.6 is 23.1 Å². The van der Waals surface area contributed by atoms with Gasteiger partial charge >= 0.3 is 0 Å². The molecule has 0 fully saturated rings. The summed E-state index contributed by atoms with van der Waals surface area (Å²) in [5, 5.41) is 20.7. The van der Waals surface area contributed by atoms with Gasteiger partial charge in [0.15, 0.2) is 11.0 Å². The van der Waals surface area contributed by atoms with Crippen LogP contribution in [-0.4, -0.2) is 63.9 Å². The van der Waals surface area contributed by atoms with Crippen molar-refractivity contribution in [1.29, 1.82) is 0 Å². The summed E-state index contributed by atoms with van der Waals surface area (Å²) in [5.74, 6) is 2.18. The van der Waals surface area contributed by atoms with Crippen molar-refractivity contribution in [2.45, 2.75) is 31.1 Å². The van der Waals surface area contributed by atoms with Crippen LogP contribution < -0.4 is 19.5 Å². The molecular formula is C35H34N6O5S2. The summed E-state index contributed by atoms with van der Waals surface area (Å²) in [6.07, 6.45) is 0.600. The first-order valence-corrected chi connectivity index (χ1v) is 17.1. The third kappa shape index (κ3) is 7.37. The van der Waals surface area contributed by atoms with Crippen molar-refractivity contribution in [3.63, 3.8) is 0 Å². The standard InChI is InChI=1S/C35H34N6O5S2/c1-4-46-27-16-12-25(13-17-27)40-32(21-36-34(43)24-7-5-8-28(19-24)45-3)37-38-35(40)48-22-33(42)41-30(23-10-14-26(44-2)15-11-23)20-29(39-41)31-9-6-18-47-31/h5-19,30H,4,20-22H2,1-3H3,(H,36,43). The smallest absolute Gasteiger partial charge is 0.253 e. The Morgan fingerprint density at radius 3 is 2.42 bits per heavy atom. The van der Waals surface area contributed by atoms with E-state index < -0.39 is 0 Å². The maximum Gasteiger partial charge on any atom is 0.253 e. The van der Waals surface area contributed by atoms with E-state index >= 15 is 0 Å². The number of carbonyl (C=O) groups is 2. The highest BCUT2D eigenvalue weighted by Gasteiger charge is 2.34. The van der Waals surface area contributed by atoms with Crippen LogP contribution in [0.15, 0.2) is 101 Å². The molecule has 3 heterocycles. The minimum Gasteiger partial charge on any atom is -0.497 e. The Bertz CT molecular complexity index is 1890. The van der Waals surface area contributed by atoms with Gasteiger partial charge in [0, 0.05) is 17.7 Å². The number of thiophene rings is 1. The van der Waals surface area contributed by atoms with Crippen molar-refractivity contribution in [3.05, 3.63) is 112 Å². The fourth-order valence-corrected chi connectivity index (χ4v) is 6.81. The summed E-state index contributed by atoms with van der Waals surface area (Å²) in [5.41, 5.74) is 3.06. The lowest BCUT2D eigenvalue weighted by Crippen LogP contribution is -2.28. The van der Waals surface area contributed by atoms with Crippen molar-refractivity contribution in [2.75, 3.05) is 26.6 Å². The van der Waals surface area contributed by atoms with Crippen LogP contribution in [-0.2, 0) is 11.3 Å². The number of benzene rings is 3. The van der Waals surface area contributed by atoms with Gasteiger partial charge in [-0.25, -0.2) is 5.01 Å². The number of thioether (sulfide) groups is 1. The minimum absolute atomic E-state index is 0.0687. The highest BCUT2D eigenvalue weighted by Crippen LogP contribution is 2.35. The average Bonchev–Trinajstić information content (AvgIpc) is 3.91. The first kappa shape index (κ1) is 32.8. The number of rotatable bonds is 13. The molecule has 5 aromatic rings. The van der Waals surface area contributed by atoms with E-state index in [-0.39, 0.29) is 30.2 Å². The van der Waals surface area contributed by atoms with Gasteiger partial charge in [0.05, 0.1) is 49.8 Å². The SMILES string of the molecule is CCOc1ccc(-n2c(CNC(=O)c3cccc(OC)c3)nnc2SCC(=O)N2N=C(c3cccs3)CC2c2ccc(OC)cc2)cc1. The van der Waals surface area contributed by atoms with Gasteiger partial charge in [0.1, 0.15) is 17.2 Å². The minimum atomic E-state index is -0.280. The van der Waals surface area contributed by atoms with Gasteiger partial charge in [-0.1, -0.05) is 36.0 Å². The largest absolute Gasteiger partial charge is 0.497 e. The Kier molecular flexibility index (Phi) is 10.4. The van der Waals surface area contributed by atoms with E-state index in [9.17, 15) is 9.59 Å². The summed E-state index contributed by atoms with van der Waals surface area (Å²) in [4.78, 5) is 27.9. The molecule has 6 rings (SSSR count). The second-order valence-corrected chi connectivity index (χ2v) is 12.5. The van der Waals surface area contributed by atoms with Crippen LogP contribution in [0.4, 0.5) is 0 Å². The van der Waals surface area contributed by atoms with Crippen LogP contribution in [0.25, 0.3) is 5.69 Å². The molecule has 1 aliphatic rings. The fraction of sp³-hybridized carbons (Fsp3) is 0.229. The zero-order valence-corrected chi connectivity index (χ0v) is 28.3. The van der Waals surface area contributed by atoms with Gasteiger partial charge in [0.25, 0.3) is 11.8 Å². The molecule has 0 bridgehead atoms. The zero-order valence-electron chi connectivity index (χ0n) is 26.7. The molecule has 11 nitrogen and oxygen atoms in total. The third-order valence-electron chi connectivity index (χ3n) is 7.64. The van der Waals surface area contributed by atoms with Crippen LogP contribution in [0.5, 0.6) is 17.2 Å². The summed E-state index contributed by atoms with van der Waals surface area (Å²) in [7, 11) is 3.18. The molecule has 2 aromatic heterocycles. The molecule has 0 spiro atoms. The molecular weight excluding hydrogens is 649 g/mol. The lowest BCUT2D eigenvalue weighted by Gasteiger charge is -2.22. The Hall–Kier alpha value is -5.14. The molecule has 0 saturated heterocycles. The first-order chi connectivity index (χ1) is 23.5. The maximum atomic E-state index is 13.9. The molecule has 1 aliphatic heterocycles. The van der Waals surface area contributed by atoms with E-state index in [0.717, 1.165) is 33.3 Å². The van der Waals surface area contributed by atoms with Crippen molar-refractivity contribution in [1.82, 2.24) is 25.1 Å². The number of amides is 2. The Morgan fingerprint density at radius 1 is 0.938 bits per heavy atom. The number of ether oxygens (including phenoxy) is 3. The molecule has 246 valence electrons.